The molecule has 0 aliphatic carbocycles. The van der Waals surface area contributed by atoms with E-state index in [1.54, 1.807) is 0 Å². The molecule has 2 heterocycles. The van der Waals surface area contributed by atoms with E-state index in [0.717, 1.165) is 32.6 Å². The van der Waals surface area contributed by atoms with Gasteiger partial charge in [0.05, 0.1) is 15.8 Å². The second kappa shape index (κ2) is 16.9. The van der Waals surface area contributed by atoms with E-state index >= 15 is 0 Å². The van der Waals surface area contributed by atoms with Crippen LogP contribution >= 0.6 is 0 Å². The summed E-state index contributed by atoms with van der Waals surface area (Å²) in [6.45, 7) is 8.31. The van der Waals surface area contributed by atoms with E-state index in [9.17, 15) is 0 Å². The molecule has 0 aromatic rings. The Kier molecular flexibility index (Phi) is 13.8. The van der Waals surface area contributed by atoms with Crippen LogP contribution in [0.1, 0.15) is 42.3 Å². The minimum atomic E-state index is 0. The van der Waals surface area contributed by atoms with Gasteiger partial charge in [0.25, 0.3) is 0 Å². The van der Waals surface area contributed by atoms with Crippen LogP contribution in [-0.2, 0) is 9.68 Å². The molecule has 0 N–H and O–H groups in total. The van der Waals surface area contributed by atoms with Crippen molar-refractivity contribution in [1.29, 1.82) is 0 Å². The van der Waals surface area contributed by atoms with Crippen molar-refractivity contribution in [3.05, 3.63) is 0 Å². The monoisotopic (exact) mass is 488 g/mol. The average Bonchev–Trinajstić information content (AvgIpc) is 3.31. The topological polar surface area (TPSA) is 74.4 Å². The fraction of sp³-hybridized carbons (Fsp3) is 0.778. The number of unbranched alkanes of at least 4 members (excludes halogenated alkanes) is 3. The first-order valence-corrected chi connectivity index (χ1v) is 9.36. The Labute approximate surface area is 185 Å². The van der Waals surface area contributed by atoms with Gasteiger partial charge >= 0.3 is 25.8 Å². The van der Waals surface area contributed by atoms with Crippen LogP contribution in [-0.4, -0.2) is 113 Å². The Morgan fingerprint density at radius 1 is 0.963 bits per heavy atom. The summed E-state index contributed by atoms with van der Waals surface area (Å²) >= 11 is 0. The minimum absolute atomic E-state index is 0. The number of amidine groups is 2. The third kappa shape index (κ3) is 11.9. The standard InChI is InChI=1S/C11H21N3O.C7H13N3O.In.3H/c1-3-4-5-6-9-15-13-10-11-12-7-8-14(11)2;1-3-11-9-6-7-8-4-5-10(7)2;;;;/h10H,3-9H2,1-2H3;6H,3-5H2,1-2H3;;;;/i10T;6T;;;;. The molecule has 0 radical (unpaired) electrons. The SMILES string of the molecule is [3H]C(=NOCC)C1=NCCN1C.[3H]C(=NOCCCCCC)C1=NCCN1C.[InH3]. The van der Waals surface area contributed by atoms with Crippen molar-refractivity contribution in [3.8, 4) is 0 Å². The van der Waals surface area contributed by atoms with Crippen molar-refractivity contribution in [2.45, 2.75) is 39.5 Å². The molecule has 2 aliphatic rings. The number of aliphatic imine (C=N–C) groups is 2. The maximum absolute atomic E-state index is 7.67. The molecule has 2 aliphatic heterocycles. The molecule has 154 valence electrons. The van der Waals surface area contributed by atoms with Gasteiger partial charge in [-0.2, -0.15) is 0 Å². The first-order chi connectivity index (χ1) is 13.5. The van der Waals surface area contributed by atoms with E-state index in [-0.39, 0.29) is 38.2 Å². The van der Waals surface area contributed by atoms with Gasteiger partial charge in [0.2, 0.25) is 0 Å². The summed E-state index contributed by atoms with van der Waals surface area (Å²) in [4.78, 5) is 22.0. The molecule has 27 heavy (non-hydrogen) atoms. The summed E-state index contributed by atoms with van der Waals surface area (Å²) < 4.78 is 15.1. The van der Waals surface area contributed by atoms with Crippen LogP contribution in [0.3, 0.4) is 0 Å². The number of likely N-dealkylation sites (N-methyl/N-ethyl adjacent to an activating group) is 2. The van der Waals surface area contributed by atoms with Crippen LogP contribution in [0.5, 0.6) is 0 Å². The Bertz CT molecular complexity index is 587. The van der Waals surface area contributed by atoms with Crippen LogP contribution in [0.4, 0.5) is 0 Å². The number of hydrogen-bond donors (Lipinski definition) is 0. The molecule has 0 fully saturated rings. The number of nitrogens with zero attached hydrogens (tertiary/aromatic N) is 6. The Morgan fingerprint density at radius 2 is 1.52 bits per heavy atom. The molecule has 0 atom stereocenters. The van der Waals surface area contributed by atoms with Gasteiger partial charge in [-0.1, -0.05) is 30.1 Å². The molecule has 0 saturated carbocycles. The normalized spacial score (nSPS) is 17.9. The fourth-order valence-corrected chi connectivity index (χ4v) is 2.16. The molecule has 0 amide bonds. The van der Waals surface area contributed by atoms with E-state index in [1.165, 1.54) is 19.3 Å². The molecule has 0 spiro atoms. The molecule has 0 saturated heterocycles. The van der Waals surface area contributed by atoms with Crippen LogP contribution in [0.2, 0.25) is 0 Å². The van der Waals surface area contributed by atoms with Crippen LogP contribution in [0.15, 0.2) is 20.3 Å². The zero-order valence-corrected chi connectivity index (χ0v) is 16.6. The first kappa shape index (κ1) is 22.0. The van der Waals surface area contributed by atoms with E-state index in [2.05, 4.69) is 27.2 Å². The van der Waals surface area contributed by atoms with Crippen molar-refractivity contribution in [2.24, 2.45) is 20.3 Å². The van der Waals surface area contributed by atoms with Crippen LogP contribution in [0.25, 0.3) is 0 Å². The molecule has 0 bridgehead atoms. The molecular formula is C18H37InN6O2. The Hall–Kier alpha value is -1.25. The molecule has 2 rings (SSSR count). The number of oxime groups is 2. The predicted molar refractivity (Wildman–Crippen MR) is 119 cm³/mol. The first-order valence-electron chi connectivity index (χ1n) is 10.4. The summed E-state index contributed by atoms with van der Waals surface area (Å²) in [5.74, 6) is 1.25. The second-order valence-electron chi connectivity index (χ2n) is 5.97. The van der Waals surface area contributed by atoms with Gasteiger partial charge in [0, 0.05) is 27.2 Å². The van der Waals surface area contributed by atoms with Gasteiger partial charge in [-0.25, -0.2) is 0 Å². The maximum atomic E-state index is 7.67. The van der Waals surface area contributed by atoms with Gasteiger partial charge in [0.1, 0.15) is 37.3 Å². The van der Waals surface area contributed by atoms with Crippen molar-refractivity contribution < 1.29 is 12.4 Å². The molecule has 8 nitrogen and oxygen atoms in total. The summed E-state index contributed by atoms with van der Waals surface area (Å²) in [5.41, 5.74) is 0. The zero-order valence-electron chi connectivity index (χ0n) is 18.6. The van der Waals surface area contributed by atoms with E-state index < -0.39 is 0 Å². The summed E-state index contributed by atoms with van der Waals surface area (Å²) in [7, 11) is 3.80. The fourth-order valence-electron chi connectivity index (χ4n) is 2.16. The number of hydrogen-bond acceptors (Lipinski definition) is 8. The van der Waals surface area contributed by atoms with Crippen molar-refractivity contribution >= 4 is 49.9 Å². The van der Waals surface area contributed by atoms with Crippen LogP contribution in [0, 0.1) is 0 Å². The van der Waals surface area contributed by atoms with E-state index in [0.29, 0.717) is 24.9 Å². The van der Waals surface area contributed by atoms with E-state index in [1.807, 2.05) is 30.8 Å². The molecule has 0 unspecified atom stereocenters. The van der Waals surface area contributed by atoms with Crippen molar-refractivity contribution in [3.63, 3.8) is 0 Å². The van der Waals surface area contributed by atoms with Gasteiger partial charge in [-0.3, -0.25) is 9.98 Å². The van der Waals surface area contributed by atoms with E-state index in [4.69, 9.17) is 12.4 Å². The van der Waals surface area contributed by atoms with Gasteiger partial charge in [-0.15, -0.1) is 0 Å². The van der Waals surface area contributed by atoms with Crippen molar-refractivity contribution in [2.75, 3.05) is 53.5 Å². The summed E-state index contributed by atoms with van der Waals surface area (Å²) in [5, 5.41) is 7.35. The molecule has 9 heteroatoms. The average molecular weight is 488 g/mol. The molecule has 0 aromatic heterocycles. The third-order valence-corrected chi connectivity index (χ3v) is 3.76. The summed E-state index contributed by atoms with van der Waals surface area (Å²) in [6.07, 6.45) is 4.87. The van der Waals surface area contributed by atoms with Gasteiger partial charge in [0.15, 0.2) is 0 Å². The second-order valence-corrected chi connectivity index (χ2v) is 5.97. The summed E-state index contributed by atoms with van der Waals surface area (Å²) in [6, 6.07) is 0. The zero-order chi connectivity index (χ0) is 20.8. The number of rotatable bonds is 10. The molecular weight excluding hydrogens is 447 g/mol. The Morgan fingerprint density at radius 3 is 1.96 bits per heavy atom. The van der Waals surface area contributed by atoms with Crippen molar-refractivity contribution in [1.82, 2.24) is 9.80 Å². The third-order valence-electron chi connectivity index (χ3n) is 3.76. The predicted octanol–water partition coefficient (Wildman–Crippen LogP) is 1.08. The quantitative estimate of drug-likeness (QED) is 0.262. The van der Waals surface area contributed by atoms with Crippen LogP contribution < -0.4 is 0 Å². The van der Waals surface area contributed by atoms with Gasteiger partial charge < -0.3 is 19.5 Å². The molecule has 0 aromatic carbocycles. The Balaban J connectivity index is 0.000000542. The van der Waals surface area contributed by atoms with Gasteiger partial charge in [-0.05, 0) is 19.8 Å².